The van der Waals surface area contributed by atoms with Crippen LogP contribution >= 0.6 is 7.82 Å². The van der Waals surface area contributed by atoms with Crippen molar-refractivity contribution in [3.63, 3.8) is 0 Å². The molecule has 37 heavy (non-hydrogen) atoms. The Hall–Kier alpha value is -2.25. The first-order chi connectivity index (χ1) is 17.8. The predicted molar refractivity (Wildman–Crippen MR) is 147 cm³/mol. The standard InChI is InChI=1S/C28H45O8P/c1-3-5-7-9-10-11-12-13-14-15-16-17-18-19-21-23-28(30)36-26(25-35-37(31,32)33)24-34-27(29)22-20-8-6-4-2/h5,7,10-11,13-14,16-17,19,21,26H,3-4,6,8-9,12,15,18,20,22-25H2,1-2H3,(H2,31,32,33)/b7-5-,11-10-,14-13-,17-16-,21-19-. The Labute approximate surface area is 222 Å². The maximum atomic E-state index is 12.1. The summed E-state index contributed by atoms with van der Waals surface area (Å²) in [6, 6.07) is 0. The molecule has 0 saturated carbocycles. The van der Waals surface area contributed by atoms with E-state index in [2.05, 4.69) is 54.8 Å². The summed E-state index contributed by atoms with van der Waals surface area (Å²) in [4.78, 5) is 41.8. The molecule has 0 aliphatic heterocycles. The maximum absolute atomic E-state index is 12.1. The summed E-state index contributed by atoms with van der Waals surface area (Å²) in [5.41, 5.74) is 0. The van der Waals surface area contributed by atoms with Gasteiger partial charge in [0.15, 0.2) is 6.10 Å². The van der Waals surface area contributed by atoms with E-state index in [0.29, 0.717) is 12.8 Å². The van der Waals surface area contributed by atoms with Crippen molar-refractivity contribution in [2.45, 2.75) is 90.6 Å². The molecule has 2 N–H and O–H groups in total. The molecule has 0 aromatic rings. The van der Waals surface area contributed by atoms with Crippen LogP contribution in [0.4, 0.5) is 0 Å². The fourth-order valence-corrected chi connectivity index (χ4v) is 3.28. The molecule has 0 amide bonds. The van der Waals surface area contributed by atoms with Crippen LogP contribution < -0.4 is 0 Å². The fraction of sp³-hybridized carbons (Fsp3) is 0.571. The molecule has 1 unspecified atom stereocenters. The molecule has 8 nitrogen and oxygen atoms in total. The van der Waals surface area contributed by atoms with Crippen molar-refractivity contribution >= 4 is 19.8 Å². The third-order valence-corrected chi connectivity index (χ3v) is 5.32. The normalized spacial score (nSPS) is 13.5. The topological polar surface area (TPSA) is 119 Å². The smallest absolute Gasteiger partial charge is 0.462 e. The van der Waals surface area contributed by atoms with Crippen molar-refractivity contribution in [3.8, 4) is 0 Å². The van der Waals surface area contributed by atoms with E-state index in [0.717, 1.165) is 44.9 Å². The van der Waals surface area contributed by atoms with Crippen molar-refractivity contribution in [1.82, 2.24) is 0 Å². The second kappa shape index (κ2) is 24.1. The highest BCUT2D eigenvalue weighted by atomic mass is 31.2. The second-order valence-corrected chi connectivity index (χ2v) is 9.54. The lowest BCUT2D eigenvalue weighted by Crippen LogP contribution is -2.29. The third-order valence-electron chi connectivity index (χ3n) is 4.83. The van der Waals surface area contributed by atoms with Crippen LogP contribution in [-0.2, 0) is 28.2 Å². The minimum Gasteiger partial charge on any atom is -0.462 e. The van der Waals surface area contributed by atoms with Gasteiger partial charge in [0.25, 0.3) is 0 Å². The lowest BCUT2D eigenvalue weighted by molar-refractivity contribution is -0.160. The van der Waals surface area contributed by atoms with E-state index >= 15 is 0 Å². The first-order valence-corrected chi connectivity index (χ1v) is 14.6. The van der Waals surface area contributed by atoms with Crippen LogP contribution in [0, 0.1) is 0 Å². The van der Waals surface area contributed by atoms with Crippen LogP contribution in [0.5, 0.6) is 0 Å². The van der Waals surface area contributed by atoms with Gasteiger partial charge in [-0.25, -0.2) is 4.57 Å². The first-order valence-electron chi connectivity index (χ1n) is 13.1. The van der Waals surface area contributed by atoms with Gasteiger partial charge in [-0.1, -0.05) is 93.9 Å². The quantitative estimate of drug-likeness (QED) is 0.0677. The minimum absolute atomic E-state index is 0.0229. The Balaban J connectivity index is 4.27. The van der Waals surface area contributed by atoms with Crippen LogP contribution in [0.2, 0.25) is 0 Å². The molecule has 9 heteroatoms. The summed E-state index contributed by atoms with van der Waals surface area (Å²) in [5.74, 6) is -1.06. The number of ether oxygens (including phenoxy) is 2. The lowest BCUT2D eigenvalue weighted by atomic mass is 10.2. The van der Waals surface area contributed by atoms with Gasteiger partial charge in [0, 0.05) is 6.42 Å². The first kappa shape index (κ1) is 34.8. The van der Waals surface area contributed by atoms with Gasteiger partial charge >= 0.3 is 19.8 Å². The molecule has 0 rings (SSSR count). The Bertz CT molecular complexity index is 792. The van der Waals surface area contributed by atoms with Gasteiger partial charge in [0.2, 0.25) is 0 Å². The molecule has 0 spiro atoms. The summed E-state index contributed by atoms with van der Waals surface area (Å²) in [7, 11) is -4.75. The van der Waals surface area contributed by atoms with Gasteiger partial charge in [-0.3, -0.25) is 14.1 Å². The molecule has 0 aliphatic rings. The number of phosphoric acid groups is 1. The molecule has 0 radical (unpaired) electrons. The average molecular weight is 541 g/mol. The molecule has 0 saturated heterocycles. The summed E-state index contributed by atoms with van der Waals surface area (Å²) >= 11 is 0. The molecule has 1 atom stereocenters. The number of phosphoric ester groups is 1. The number of rotatable bonds is 22. The van der Waals surface area contributed by atoms with Crippen molar-refractivity contribution in [3.05, 3.63) is 60.8 Å². The van der Waals surface area contributed by atoms with Crippen LogP contribution in [-0.4, -0.2) is 41.0 Å². The van der Waals surface area contributed by atoms with Crippen LogP contribution in [0.15, 0.2) is 60.8 Å². The van der Waals surface area contributed by atoms with Gasteiger partial charge in [0.1, 0.15) is 6.61 Å². The number of unbranched alkanes of at least 4 members (excludes halogenated alkanes) is 3. The third kappa shape index (κ3) is 26.6. The Morgan fingerprint density at radius 3 is 1.78 bits per heavy atom. The molecular weight excluding hydrogens is 495 g/mol. The largest absolute Gasteiger partial charge is 0.469 e. The highest BCUT2D eigenvalue weighted by Crippen LogP contribution is 2.35. The van der Waals surface area contributed by atoms with Gasteiger partial charge in [0.05, 0.1) is 13.0 Å². The zero-order chi connectivity index (χ0) is 27.6. The summed E-state index contributed by atoms with van der Waals surface area (Å²) in [6.45, 7) is 3.28. The molecule has 0 fully saturated rings. The Morgan fingerprint density at radius 2 is 1.27 bits per heavy atom. The van der Waals surface area contributed by atoms with E-state index < -0.39 is 32.5 Å². The minimum atomic E-state index is -4.75. The number of carbonyl (C=O) groups is 2. The molecule has 0 aromatic heterocycles. The molecule has 0 aliphatic carbocycles. The summed E-state index contributed by atoms with van der Waals surface area (Å²) < 4.78 is 25.7. The highest BCUT2D eigenvalue weighted by molar-refractivity contribution is 7.46. The van der Waals surface area contributed by atoms with E-state index in [1.807, 2.05) is 18.2 Å². The van der Waals surface area contributed by atoms with Gasteiger partial charge in [-0.2, -0.15) is 0 Å². The van der Waals surface area contributed by atoms with Crippen molar-refractivity contribution < 1.29 is 37.9 Å². The van der Waals surface area contributed by atoms with E-state index in [9.17, 15) is 14.2 Å². The number of hydrogen-bond acceptors (Lipinski definition) is 6. The predicted octanol–water partition coefficient (Wildman–Crippen LogP) is 6.66. The van der Waals surface area contributed by atoms with Crippen molar-refractivity contribution in [2.24, 2.45) is 0 Å². The molecule has 0 bridgehead atoms. The van der Waals surface area contributed by atoms with Crippen LogP contribution in [0.1, 0.15) is 84.5 Å². The fourth-order valence-electron chi connectivity index (χ4n) is 2.91. The molecule has 0 aromatic carbocycles. The number of esters is 2. The van der Waals surface area contributed by atoms with Crippen molar-refractivity contribution in [1.29, 1.82) is 0 Å². The second-order valence-electron chi connectivity index (χ2n) is 8.30. The maximum Gasteiger partial charge on any atom is 0.469 e. The number of carbonyl (C=O) groups excluding carboxylic acids is 2. The molecule has 210 valence electrons. The zero-order valence-corrected chi connectivity index (χ0v) is 23.2. The monoisotopic (exact) mass is 540 g/mol. The van der Waals surface area contributed by atoms with Gasteiger partial charge in [-0.15, -0.1) is 0 Å². The number of allylic oxidation sites excluding steroid dienone is 9. The summed E-state index contributed by atoms with van der Waals surface area (Å²) in [6.07, 6.45) is 27.6. The van der Waals surface area contributed by atoms with Crippen LogP contribution in [0.25, 0.3) is 0 Å². The lowest BCUT2D eigenvalue weighted by Gasteiger charge is -2.18. The van der Waals surface area contributed by atoms with Crippen LogP contribution in [0.3, 0.4) is 0 Å². The highest BCUT2D eigenvalue weighted by Gasteiger charge is 2.22. The Kier molecular flexibility index (Phi) is 22.6. The summed E-state index contributed by atoms with van der Waals surface area (Å²) in [5, 5.41) is 0. The van der Waals surface area contributed by atoms with E-state index in [1.165, 1.54) is 0 Å². The van der Waals surface area contributed by atoms with E-state index in [1.54, 1.807) is 6.08 Å². The zero-order valence-electron chi connectivity index (χ0n) is 22.3. The molecule has 0 heterocycles. The van der Waals surface area contributed by atoms with Crippen molar-refractivity contribution in [2.75, 3.05) is 13.2 Å². The molecular formula is C28H45O8P. The SMILES string of the molecule is CC/C=C\C/C=C\C/C=C\C/C=C\C/C=C\CC(=O)OC(COC(=O)CCCCCC)COP(=O)(O)O. The van der Waals surface area contributed by atoms with Gasteiger partial charge in [-0.05, 0) is 38.5 Å². The Morgan fingerprint density at radius 1 is 0.730 bits per heavy atom. The van der Waals surface area contributed by atoms with Gasteiger partial charge < -0.3 is 19.3 Å². The van der Waals surface area contributed by atoms with E-state index in [-0.39, 0.29) is 19.4 Å². The number of hydrogen-bond donors (Lipinski definition) is 2. The average Bonchev–Trinajstić information content (AvgIpc) is 2.85. The van der Waals surface area contributed by atoms with E-state index in [4.69, 9.17) is 19.3 Å².